The zero-order valence-electron chi connectivity index (χ0n) is 8.61. The minimum atomic E-state index is 0. The summed E-state index contributed by atoms with van der Waals surface area (Å²) in [6, 6.07) is 8.99. The van der Waals surface area contributed by atoms with Gasteiger partial charge in [-0.1, -0.05) is 24.8 Å². The maximum absolute atomic E-state index is 4.30. The molecule has 1 radical (unpaired) electrons. The van der Waals surface area contributed by atoms with Crippen LogP contribution in [0.5, 0.6) is 0 Å². The Morgan fingerprint density at radius 1 is 1.13 bits per heavy atom. The first kappa shape index (κ1) is 12.0. The number of aryl methyl sites for hydroxylation is 2. The minimum absolute atomic E-state index is 0. The van der Waals surface area contributed by atoms with Crippen LogP contribution in [0.3, 0.4) is 0 Å². The first-order chi connectivity index (χ1) is 6.77. The number of hydrogen-bond donors (Lipinski definition) is 0. The summed E-state index contributed by atoms with van der Waals surface area (Å²) in [6.45, 7) is 4.02. The second-order valence-corrected chi connectivity index (χ2v) is 3.27. The van der Waals surface area contributed by atoms with Crippen LogP contribution in [-0.4, -0.2) is 9.97 Å². The zero-order chi connectivity index (χ0) is 9.97. The average Bonchev–Trinajstić information content (AvgIpc) is 2.18. The van der Waals surface area contributed by atoms with Gasteiger partial charge in [0.25, 0.3) is 0 Å². The Morgan fingerprint density at radius 2 is 1.93 bits per heavy atom. The van der Waals surface area contributed by atoms with Crippen molar-refractivity contribution < 1.29 is 20.1 Å². The number of nitrogens with zero attached hydrogens (tertiary/aromatic N) is 2. The van der Waals surface area contributed by atoms with E-state index in [2.05, 4.69) is 23.0 Å². The summed E-state index contributed by atoms with van der Waals surface area (Å²) in [5.74, 6) is 0. The predicted octanol–water partition coefficient (Wildman–Crippen LogP) is 2.56. The van der Waals surface area contributed by atoms with Crippen molar-refractivity contribution in [3.63, 3.8) is 0 Å². The first-order valence-corrected chi connectivity index (χ1v) is 4.53. The largest absolute Gasteiger partial charge is 0.357 e. The Bertz CT molecular complexity index is 455. The van der Waals surface area contributed by atoms with E-state index < -0.39 is 0 Å². The van der Waals surface area contributed by atoms with Gasteiger partial charge in [-0.05, 0) is 24.4 Å². The third-order valence-corrected chi connectivity index (χ3v) is 2.10. The van der Waals surface area contributed by atoms with Crippen LogP contribution in [0.4, 0.5) is 0 Å². The molecule has 2 aromatic heterocycles. The normalized spacial score (nSPS) is 9.47. The fourth-order valence-electron chi connectivity index (χ4n) is 1.37. The zero-order valence-corrected chi connectivity index (χ0v) is 11.0. The summed E-state index contributed by atoms with van der Waals surface area (Å²) in [7, 11) is 0. The molecule has 0 saturated heterocycles. The van der Waals surface area contributed by atoms with E-state index in [9.17, 15) is 0 Å². The minimum Gasteiger partial charge on any atom is -0.357 e. The van der Waals surface area contributed by atoms with E-state index in [-0.39, 0.29) is 20.1 Å². The van der Waals surface area contributed by atoms with Gasteiger partial charge >= 0.3 is 0 Å². The first-order valence-electron chi connectivity index (χ1n) is 4.53. The van der Waals surface area contributed by atoms with E-state index in [0.717, 1.165) is 17.0 Å². The van der Waals surface area contributed by atoms with Gasteiger partial charge < -0.3 is 9.97 Å². The van der Waals surface area contributed by atoms with Crippen LogP contribution >= 0.6 is 0 Å². The quantitative estimate of drug-likeness (QED) is 0.716. The second-order valence-electron chi connectivity index (χ2n) is 3.27. The molecule has 2 aromatic rings. The van der Waals surface area contributed by atoms with Crippen molar-refractivity contribution in [1.29, 1.82) is 0 Å². The molecule has 3 heteroatoms. The molecule has 0 aromatic carbocycles. The summed E-state index contributed by atoms with van der Waals surface area (Å²) >= 11 is 0. The van der Waals surface area contributed by atoms with Crippen LogP contribution in [-0.2, 0) is 20.1 Å². The number of aromatic nitrogens is 2. The van der Waals surface area contributed by atoms with Crippen LogP contribution in [0.25, 0.3) is 11.3 Å². The van der Waals surface area contributed by atoms with Gasteiger partial charge in [-0.25, -0.2) is 0 Å². The van der Waals surface area contributed by atoms with Crippen molar-refractivity contribution in [3.8, 4) is 11.3 Å². The molecule has 0 aliphatic heterocycles. The fraction of sp³-hybridized carbons (Fsp3) is 0.167. The molecule has 2 heterocycles. The molecular weight excluding hydrogens is 364 g/mol. The molecule has 0 unspecified atom stereocenters. The van der Waals surface area contributed by atoms with Crippen LogP contribution in [0.1, 0.15) is 11.3 Å². The van der Waals surface area contributed by atoms with Crippen LogP contribution in [0.2, 0.25) is 0 Å². The SMILES string of the molecule is Cc1ccnc(-c2[c-]ccnc2C)c1.[Ir]. The summed E-state index contributed by atoms with van der Waals surface area (Å²) in [5.41, 5.74) is 4.09. The molecule has 0 atom stereocenters. The molecule has 0 amide bonds. The molecule has 79 valence electrons. The molecule has 0 aliphatic carbocycles. The molecular formula is C12H11IrN2-. The third-order valence-electron chi connectivity index (χ3n) is 2.10. The molecule has 2 nitrogen and oxygen atoms in total. The van der Waals surface area contributed by atoms with Gasteiger partial charge in [-0.2, -0.15) is 0 Å². The molecule has 0 N–H and O–H groups in total. The van der Waals surface area contributed by atoms with Crippen molar-refractivity contribution in [3.05, 3.63) is 47.9 Å². The standard InChI is InChI=1S/C12H11N2.Ir/c1-9-5-7-14-12(8-9)11-4-3-6-13-10(11)2;/h3,5-8H,1-2H3;/q-1;. The summed E-state index contributed by atoms with van der Waals surface area (Å²) in [4.78, 5) is 8.51. The van der Waals surface area contributed by atoms with Crippen molar-refractivity contribution >= 4 is 0 Å². The van der Waals surface area contributed by atoms with Gasteiger partial charge in [0.2, 0.25) is 0 Å². The Hall–Kier alpha value is -1.05. The van der Waals surface area contributed by atoms with Crippen LogP contribution < -0.4 is 0 Å². The molecule has 0 spiro atoms. The summed E-state index contributed by atoms with van der Waals surface area (Å²) in [6.07, 6.45) is 3.56. The van der Waals surface area contributed by atoms with Crippen LogP contribution in [0.15, 0.2) is 30.6 Å². The van der Waals surface area contributed by atoms with E-state index in [1.165, 1.54) is 5.56 Å². The predicted molar refractivity (Wildman–Crippen MR) is 55.8 cm³/mol. The molecule has 0 fully saturated rings. The number of pyridine rings is 2. The second kappa shape index (κ2) is 5.15. The number of rotatable bonds is 1. The van der Waals surface area contributed by atoms with Crippen molar-refractivity contribution in [1.82, 2.24) is 9.97 Å². The Kier molecular flexibility index (Phi) is 4.13. The van der Waals surface area contributed by atoms with E-state index in [4.69, 9.17) is 0 Å². The van der Waals surface area contributed by atoms with Gasteiger partial charge in [0.15, 0.2) is 0 Å². The Labute approximate surface area is 103 Å². The van der Waals surface area contributed by atoms with Gasteiger partial charge in [-0.15, -0.1) is 17.7 Å². The summed E-state index contributed by atoms with van der Waals surface area (Å²) < 4.78 is 0. The van der Waals surface area contributed by atoms with E-state index >= 15 is 0 Å². The molecule has 15 heavy (non-hydrogen) atoms. The van der Waals surface area contributed by atoms with Crippen LogP contribution in [0, 0.1) is 19.9 Å². The monoisotopic (exact) mass is 376 g/mol. The van der Waals surface area contributed by atoms with Crippen molar-refractivity contribution in [2.75, 3.05) is 0 Å². The van der Waals surface area contributed by atoms with Crippen molar-refractivity contribution in [2.24, 2.45) is 0 Å². The smallest absolute Gasteiger partial charge is 0.0163 e. The molecule has 0 saturated carbocycles. The average molecular weight is 375 g/mol. The maximum Gasteiger partial charge on any atom is 0.0163 e. The van der Waals surface area contributed by atoms with E-state index in [0.29, 0.717) is 0 Å². The summed E-state index contributed by atoms with van der Waals surface area (Å²) in [5, 5.41) is 0. The van der Waals surface area contributed by atoms with Gasteiger partial charge in [0, 0.05) is 26.3 Å². The topological polar surface area (TPSA) is 25.8 Å². The van der Waals surface area contributed by atoms with Gasteiger partial charge in [0.05, 0.1) is 0 Å². The fourth-order valence-corrected chi connectivity index (χ4v) is 1.37. The van der Waals surface area contributed by atoms with E-state index in [1.807, 2.05) is 31.3 Å². The molecule has 0 bridgehead atoms. The maximum atomic E-state index is 4.30. The van der Waals surface area contributed by atoms with Gasteiger partial charge in [0.1, 0.15) is 0 Å². The Morgan fingerprint density at radius 3 is 2.60 bits per heavy atom. The van der Waals surface area contributed by atoms with Crippen molar-refractivity contribution in [2.45, 2.75) is 13.8 Å². The Balaban J connectivity index is 0.00000112. The third kappa shape index (κ3) is 2.71. The molecule has 2 rings (SSSR count). The molecule has 0 aliphatic rings. The van der Waals surface area contributed by atoms with E-state index in [1.54, 1.807) is 6.20 Å². The van der Waals surface area contributed by atoms with Gasteiger partial charge in [-0.3, -0.25) is 0 Å². The number of hydrogen-bond acceptors (Lipinski definition) is 2.